The molecule has 0 heterocycles. The molecule has 0 saturated carbocycles. The molecule has 0 radical (unpaired) electrons. The average Bonchev–Trinajstić information content (AvgIpc) is 2.46. The molecule has 25 heavy (non-hydrogen) atoms. The van der Waals surface area contributed by atoms with E-state index in [0.29, 0.717) is 0 Å². The summed E-state index contributed by atoms with van der Waals surface area (Å²) in [7, 11) is 0. The van der Waals surface area contributed by atoms with Crippen molar-refractivity contribution >= 4 is 11.9 Å². The van der Waals surface area contributed by atoms with Crippen molar-refractivity contribution in [3.8, 4) is 5.75 Å². The Balaban J connectivity index is 2.65. The topological polar surface area (TPSA) is 84.9 Å². The van der Waals surface area contributed by atoms with Crippen LogP contribution in [0.25, 0.3) is 0 Å². The summed E-state index contributed by atoms with van der Waals surface area (Å²) in [5.41, 5.74) is -0.172. The number of carbonyl (C=O) groups is 2. The maximum absolute atomic E-state index is 12.4. The van der Waals surface area contributed by atoms with Crippen LogP contribution in [-0.2, 0) is 20.7 Å². The second-order valence-electron chi connectivity index (χ2n) is 6.37. The van der Waals surface area contributed by atoms with Crippen molar-refractivity contribution in [2.45, 2.75) is 51.9 Å². The highest BCUT2D eigenvalue weighted by molar-refractivity contribution is 5.85. The summed E-state index contributed by atoms with van der Waals surface area (Å²) in [5, 5.41) is 11.6. The zero-order chi connectivity index (χ0) is 19.0. The predicted molar refractivity (Wildman–Crippen MR) is 86.7 cm³/mol. The first-order chi connectivity index (χ1) is 11.6. The van der Waals surface area contributed by atoms with Gasteiger partial charge in [-0.2, -0.15) is 8.78 Å². The summed E-state index contributed by atoms with van der Waals surface area (Å²) in [6, 6.07) is 4.74. The molecule has 1 unspecified atom stereocenters. The van der Waals surface area contributed by atoms with Crippen LogP contribution in [0.2, 0.25) is 0 Å². The van der Waals surface area contributed by atoms with Crippen LogP contribution in [0.3, 0.4) is 0 Å². The van der Waals surface area contributed by atoms with Gasteiger partial charge in [-0.15, -0.1) is 0 Å². The highest BCUT2D eigenvalue weighted by Crippen LogP contribution is 2.20. The summed E-state index contributed by atoms with van der Waals surface area (Å²) in [6.07, 6.45) is -0.180. The lowest BCUT2D eigenvalue weighted by atomic mass is 10.1. The quantitative estimate of drug-likeness (QED) is 0.708. The minimum atomic E-state index is -3.01. The van der Waals surface area contributed by atoms with E-state index >= 15 is 0 Å². The number of amides is 1. The van der Waals surface area contributed by atoms with Gasteiger partial charge in [0.2, 0.25) is 5.91 Å². The van der Waals surface area contributed by atoms with Gasteiger partial charge >= 0.3 is 12.6 Å². The number of carboxylic acids is 1. The fraction of sp³-hybridized carbons (Fsp3) is 0.529. The Labute approximate surface area is 145 Å². The molecule has 0 saturated heterocycles. The van der Waals surface area contributed by atoms with Crippen LogP contribution in [0.1, 0.15) is 32.8 Å². The number of benzene rings is 1. The number of nitrogens with one attached hydrogen (secondary N) is 1. The van der Waals surface area contributed by atoms with Gasteiger partial charge in [0.1, 0.15) is 11.8 Å². The number of para-hydroxylation sites is 1. The molecular formula is C17H23F2NO5. The average molecular weight is 359 g/mol. The molecule has 0 aromatic heterocycles. The van der Waals surface area contributed by atoms with Crippen molar-refractivity contribution in [3.63, 3.8) is 0 Å². The SMILES string of the molecule is CC(C)(C)OCCC(NC(=O)Cc1ccccc1OC(F)F)C(=O)O. The van der Waals surface area contributed by atoms with Gasteiger partial charge in [-0.25, -0.2) is 4.79 Å². The third-order valence-electron chi connectivity index (χ3n) is 3.11. The van der Waals surface area contributed by atoms with Crippen LogP contribution in [0.15, 0.2) is 24.3 Å². The molecule has 8 heteroatoms. The first-order valence-electron chi connectivity index (χ1n) is 7.77. The lowest BCUT2D eigenvalue weighted by Crippen LogP contribution is -2.42. The van der Waals surface area contributed by atoms with E-state index in [1.54, 1.807) is 6.07 Å². The van der Waals surface area contributed by atoms with Crippen molar-refractivity contribution in [1.29, 1.82) is 0 Å². The standard InChI is InChI=1S/C17H23F2NO5/c1-17(2,3)24-9-8-12(15(22)23)20-14(21)10-11-6-4-5-7-13(11)25-16(18)19/h4-7,12,16H,8-10H2,1-3H3,(H,20,21)(H,22,23). The Morgan fingerprint density at radius 2 is 1.88 bits per heavy atom. The van der Waals surface area contributed by atoms with Crippen molar-refractivity contribution in [2.24, 2.45) is 0 Å². The van der Waals surface area contributed by atoms with Gasteiger partial charge < -0.3 is 19.9 Å². The Morgan fingerprint density at radius 3 is 2.44 bits per heavy atom. The predicted octanol–water partition coefficient (Wildman–Crippen LogP) is 2.61. The van der Waals surface area contributed by atoms with E-state index < -0.39 is 30.1 Å². The maximum atomic E-state index is 12.4. The molecule has 1 amide bonds. The Hall–Kier alpha value is -2.22. The first kappa shape index (κ1) is 20.8. The third kappa shape index (κ3) is 8.44. The number of carbonyl (C=O) groups excluding carboxylic acids is 1. The molecule has 0 bridgehead atoms. The molecule has 1 atom stereocenters. The summed E-state index contributed by atoms with van der Waals surface area (Å²) in [5.74, 6) is -1.91. The largest absolute Gasteiger partial charge is 0.480 e. The molecule has 140 valence electrons. The smallest absolute Gasteiger partial charge is 0.387 e. The number of carboxylic acid groups (broad SMARTS) is 1. The van der Waals surface area contributed by atoms with Crippen LogP contribution in [-0.4, -0.2) is 41.8 Å². The zero-order valence-electron chi connectivity index (χ0n) is 14.4. The molecule has 1 aromatic rings. The molecule has 0 aliphatic heterocycles. The van der Waals surface area contributed by atoms with Gasteiger partial charge in [-0.05, 0) is 26.8 Å². The molecule has 0 aliphatic rings. The minimum Gasteiger partial charge on any atom is -0.480 e. The second-order valence-corrected chi connectivity index (χ2v) is 6.37. The van der Waals surface area contributed by atoms with Crippen molar-refractivity contribution in [3.05, 3.63) is 29.8 Å². The van der Waals surface area contributed by atoms with Gasteiger partial charge in [0.15, 0.2) is 0 Å². The Bertz CT molecular complexity index is 587. The molecule has 1 aromatic carbocycles. The molecular weight excluding hydrogens is 336 g/mol. The van der Waals surface area contributed by atoms with Crippen LogP contribution in [0.5, 0.6) is 5.75 Å². The highest BCUT2D eigenvalue weighted by Gasteiger charge is 2.22. The molecule has 6 nitrogen and oxygen atoms in total. The molecule has 2 N–H and O–H groups in total. The number of aliphatic carboxylic acids is 1. The number of hydrogen-bond acceptors (Lipinski definition) is 4. The van der Waals surface area contributed by atoms with E-state index in [2.05, 4.69) is 10.1 Å². The highest BCUT2D eigenvalue weighted by atomic mass is 19.3. The van der Waals surface area contributed by atoms with Crippen molar-refractivity contribution < 1.29 is 33.0 Å². The molecule has 0 fully saturated rings. The Kier molecular flexibility index (Phi) is 7.76. The van der Waals surface area contributed by atoms with Crippen LogP contribution in [0.4, 0.5) is 8.78 Å². The normalized spacial score (nSPS) is 12.7. The van der Waals surface area contributed by atoms with Gasteiger partial charge in [0.25, 0.3) is 0 Å². The second kappa shape index (κ2) is 9.31. The summed E-state index contributed by atoms with van der Waals surface area (Å²) in [4.78, 5) is 23.3. The van der Waals surface area contributed by atoms with Gasteiger partial charge in [0, 0.05) is 18.6 Å². The summed E-state index contributed by atoms with van der Waals surface area (Å²) >= 11 is 0. The fourth-order valence-corrected chi connectivity index (χ4v) is 2.02. The van der Waals surface area contributed by atoms with Gasteiger partial charge in [-0.1, -0.05) is 18.2 Å². The lowest BCUT2D eigenvalue weighted by molar-refractivity contribution is -0.142. The van der Waals surface area contributed by atoms with E-state index in [-0.39, 0.29) is 30.8 Å². The third-order valence-corrected chi connectivity index (χ3v) is 3.11. The number of alkyl halides is 2. The van der Waals surface area contributed by atoms with Gasteiger partial charge in [0.05, 0.1) is 12.0 Å². The van der Waals surface area contributed by atoms with Crippen molar-refractivity contribution in [2.75, 3.05) is 6.61 Å². The van der Waals surface area contributed by atoms with Crippen LogP contribution < -0.4 is 10.1 Å². The zero-order valence-corrected chi connectivity index (χ0v) is 14.4. The monoisotopic (exact) mass is 359 g/mol. The summed E-state index contributed by atoms with van der Waals surface area (Å²) in [6.45, 7) is 2.65. The van der Waals surface area contributed by atoms with E-state index in [9.17, 15) is 23.5 Å². The number of halogens is 2. The molecule has 0 spiro atoms. The van der Waals surface area contributed by atoms with E-state index in [0.717, 1.165) is 0 Å². The number of rotatable bonds is 9. The van der Waals surface area contributed by atoms with Crippen molar-refractivity contribution in [1.82, 2.24) is 5.32 Å². The Morgan fingerprint density at radius 1 is 1.24 bits per heavy atom. The van der Waals surface area contributed by atoms with E-state index in [1.807, 2.05) is 20.8 Å². The van der Waals surface area contributed by atoms with E-state index in [4.69, 9.17) is 4.74 Å². The number of ether oxygens (including phenoxy) is 2. The number of hydrogen-bond donors (Lipinski definition) is 2. The maximum Gasteiger partial charge on any atom is 0.387 e. The lowest BCUT2D eigenvalue weighted by Gasteiger charge is -2.21. The van der Waals surface area contributed by atoms with Crippen LogP contribution in [0, 0.1) is 0 Å². The minimum absolute atomic E-state index is 0.0908. The first-order valence-corrected chi connectivity index (χ1v) is 7.77. The van der Waals surface area contributed by atoms with Crippen LogP contribution >= 0.6 is 0 Å². The summed E-state index contributed by atoms with van der Waals surface area (Å²) < 4.78 is 34.6. The van der Waals surface area contributed by atoms with E-state index in [1.165, 1.54) is 18.2 Å². The fourth-order valence-electron chi connectivity index (χ4n) is 2.02. The molecule has 0 aliphatic carbocycles. The molecule has 1 rings (SSSR count). The van der Waals surface area contributed by atoms with Gasteiger partial charge in [-0.3, -0.25) is 4.79 Å².